The summed E-state index contributed by atoms with van der Waals surface area (Å²) in [5, 5.41) is 4.85. The smallest absolute Gasteiger partial charge is 0.348 e. The SMILES string of the molecule is O=C(NC1CCN(C(=O)C2CC2)CC1)c1csc(-c2cccc(C(F)(F)F)c2)n1. The van der Waals surface area contributed by atoms with E-state index in [-0.39, 0.29) is 29.5 Å². The maximum absolute atomic E-state index is 12.9. The molecule has 0 radical (unpaired) electrons. The summed E-state index contributed by atoms with van der Waals surface area (Å²) in [4.78, 5) is 30.7. The van der Waals surface area contributed by atoms with E-state index in [0.717, 1.165) is 36.3 Å². The number of thiazole rings is 1. The van der Waals surface area contributed by atoms with Crippen molar-refractivity contribution in [2.75, 3.05) is 13.1 Å². The lowest BCUT2D eigenvalue weighted by atomic mass is 10.0. The van der Waals surface area contributed by atoms with E-state index in [1.165, 1.54) is 6.07 Å². The molecule has 0 atom stereocenters. The van der Waals surface area contributed by atoms with Crippen LogP contribution in [0.4, 0.5) is 13.2 Å². The highest BCUT2D eigenvalue weighted by Gasteiger charge is 2.35. The van der Waals surface area contributed by atoms with Crippen LogP contribution in [0.1, 0.15) is 41.7 Å². The molecule has 4 rings (SSSR count). The summed E-state index contributed by atoms with van der Waals surface area (Å²) < 4.78 is 38.7. The van der Waals surface area contributed by atoms with Gasteiger partial charge in [0.2, 0.25) is 5.91 Å². The van der Waals surface area contributed by atoms with E-state index in [0.29, 0.717) is 36.5 Å². The van der Waals surface area contributed by atoms with E-state index in [1.807, 2.05) is 4.90 Å². The minimum absolute atomic E-state index is 0.0375. The maximum Gasteiger partial charge on any atom is 0.416 e. The van der Waals surface area contributed by atoms with Gasteiger partial charge in [-0.1, -0.05) is 12.1 Å². The summed E-state index contributed by atoms with van der Waals surface area (Å²) >= 11 is 1.13. The first-order chi connectivity index (χ1) is 13.8. The van der Waals surface area contributed by atoms with Crippen molar-refractivity contribution >= 4 is 23.2 Å². The summed E-state index contributed by atoms with van der Waals surface area (Å²) in [6, 6.07) is 4.88. The third-order valence-electron chi connectivity index (χ3n) is 5.24. The molecule has 29 heavy (non-hydrogen) atoms. The van der Waals surface area contributed by atoms with Crippen LogP contribution in [0.3, 0.4) is 0 Å². The van der Waals surface area contributed by atoms with Gasteiger partial charge in [0.25, 0.3) is 5.91 Å². The zero-order chi connectivity index (χ0) is 20.6. The number of alkyl halides is 3. The number of amides is 2. The number of benzene rings is 1. The molecule has 0 unspecified atom stereocenters. The van der Waals surface area contributed by atoms with Crippen LogP contribution in [0.2, 0.25) is 0 Å². The summed E-state index contributed by atoms with van der Waals surface area (Å²) in [5.41, 5.74) is -0.224. The van der Waals surface area contributed by atoms with Crippen molar-refractivity contribution in [3.8, 4) is 10.6 Å². The third-order valence-corrected chi connectivity index (χ3v) is 6.13. The molecule has 2 fully saturated rings. The second-order valence-corrected chi connectivity index (χ2v) is 8.32. The molecule has 154 valence electrons. The number of halogens is 3. The van der Waals surface area contributed by atoms with Crippen LogP contribution in [0.5, 0.6) is 0 Å². The van der Waals surface area contributed by atoms with Crippen LogP contribution in [0.25, 0.3) is 10.6 Å². The van der Waals surface area contributed by atoms with E-state index in [2.05, 4.69) is 10.3 Å². The van der Waals surface area contributed by atoms with Crippen LogP contribution in [0.15, 0.2) is 29.6 Å². The number of hydrogen-bond acceptors (Lipinski definition) is 4. The number of likely N-dealkylation sites (tertiary alicyclic amines) is 1. The van der Waals surface area contributed by atoms with Crippen LogP contribution < -0.4 is 5.32 Å². The predicted octanol–water partition coefficient (Wildman–Crippen LogP) is 3.96. The van der Waals surface area contributed by atoms with E-state index in [1.54, 1.807) is 11.4 Å². The van der Waals surface area contributed by atoms with Crippen molar-refractivity contribution < 1.29 is 22.8 Å². The number of aromatic nitrogens is 1. The quantitative estimate of drug-likeness (QED) is 0.810. The Morgan fingerprint density at radius 2 is 1.86 bits per heavy atom. The Hall–Kier alpha value is -2.42. The van der Waals surface area contributed by atoms with Crippen molar-refractivity contribution in [2.24, 2.45) is 5.92 Å². The van der Waals surface area contributed by atoms with Crippen molar-refractivity contribution in [3.63, 3.8) is 0 Å². The van der Waals surface area contributed by atoms with Crippen LogP contribution in [-0.2, 0) is 11.0 Å². The van der Waals surface area contributed by atoms with Crippen LogP contribution in [0, 0.1) is 5.92 Å². The lowest BCUT2D eigenvalue weighted by Crippen LogP contribution is -2.47. The van der Waals surface area contributed by atoms with Gasteiger partial charge in [-0.2, -0.15) is 13.2 Å². The zero-order valence-electron chi connectivity index (χ0n) is 15.5. The fraction of sp³-hybridized carbons (Fsp3) is 0.450. The average molecular weight is 423 g/mol. The minimum atomic E-state index is -4.43. The zero-order valence-corrected chi connectivity index (χ0v) is 16.4. The monoisotopic (exact) mass is 423 g/mol. The van der Waals surface area contributed by atoms with Gasteiger partial charge in [-0.05, 0) is 37.8 Å². The number of piperidine rings is 1. The molecule has 2 heterocycles. The first kappa shape index (κ1) is 19.9. The minimum Gasteiger partial charge on any atom is -0.348 e. The van der Waals surface area contributed by atoms with Crippen LogP contribution in [-0.4, -0.2) is 40.8 Å². The number of nitrogens with zero attached hydrogens (tertiary/aromatic N) is 2. The molecule has 1 saturated carbocycles. The Labute approximate surface area is 169 Å². The standard InChI is InChI=1S/C20H20F3N3O2S/c21-20(22,23)14-3-1-2-13(10-14)18-25-16(11-29-18)17(27)24-15-6-8-26(9-7-15)19(28)12-4-5-12/h1-3,10-12,15H,4-9H2,(H,24,27). The maximum atomic E-state index is 12.9. The molecule has 0 bridgehead atoms. The van der Waals surface area contributed by atoms with Gasteiger partial charge in [-0.3, -0.25) is 9.59 Å². The van der Waals surface area contributed by atoms with Crippen molar-refractivity contribution in [1.82, 2.24) is 15.2 Å². The molecule has 1 aliphatic heterocycles. The van der Waals surface area contributed by atoms with E-state index in [9.17, 15) is 22.8 Å². The normalized spacial score (nSPS) is 18.0. The van der Waals surface area contributed by atoms with Gasteiger partial charge in [-0.15, -0.1) is 11.3 Å². The van der Waals surface area contributed by atoms with Crippen molar-refractivity contribution in [1.29, 1.82) is 0 Å². The summed E-state index contributed by atoms with van der Waals surface area (Å²) in [7, 11) is 0. The number of carbonyl (C=O) groups excluding carboxylic acids is 2. The van der Waals surface area contributed by atoms with Gasteiger partial charge in [0.05, 0.1) is 5.56 Å². The van der Waals surface area contributed by atoms with Gasteiger partial charge in [-0.25, -0.2) is 4.98 Å². The van der Waals surface area contributed by atoms with Gasteiger partial charge in [0.15, 0.2) is 0 Å². The first-order valence-corrected chi connectivity index (χ1v) is 10.4. The Morgan fingerprint density at radius 1 is 1.14 bits per heavy atom. The molecule has 5 nitrogen and oxygen atoms in total. The summed E-state index contributed by atoms with van der Waals surface area (Å²) in [5.74, 6) is 0.0804. The Kier molecular flexibility index (Phi) is 5.33. The highest BCUT2D eigenvalue weighted by atomic mass is 32.1. The molecule has 1 N–H and O–H groups in total. The van der Waals surface area contributed by atoms with Crippen LogP contribution >= 0.6 is 11.3 Å². The number of hydrogen-bond donors (Lipinski definition) is 1. The highest BCUT2D eigenvalue weighted by molar-refractivity contribution is 7.13. The number of nitrogens with one attached hydrogen (secondary N) is 1. The lowest BCUT2D eigenvalue weighted by Gasteiger charge is -2.32. The van der Waals surface area contributed by atoms with E-state index >= 15 is 0 Å². The molecule has 9 heteroatoms. The fourth-order valence-electron chi connectivity index (χ4n) is 3.43. The van der Waals surface area contributed by atoms with E-state index in [4.69, 9.17) is 0 Å². The largest absolute Gasteiger partial charge is 0.416 e. The Balaban J connectivity index is 1.36. The van der Waals surface area contributed by atoms with E-state index < -0.39 is 11.7 Å². The Morgan fingerprint density at radius 3 is 2.52 bits per heavy atom. The first-order valence-electron chi connectivity index (χ1n) is 9.54. The second kappa shape index (κ2) is 7.78. The fourth-order valence-corrected chi connectivity index (χ4v) is 4.23. The van der Waals surface area contributed by atoms with Gasteiger partial charge in [0, 0.05) is 36.0 Å². The molecule has 1 aromatic heterocycles. The number of rotatable bonds is 4. The highest BCUT2D eigenvalue weighted by Crippen LogP contribution is 2.33. The predicted molar refractivity (Wildman–Crippen MR) is 102 cm³/mol. The molecule has 1 saturated heterocycles. The van der Waals surface area contributed by atoms with Crippen molar-refractivity contribution in [2.45, 2.75) is 37.9 Å². The summed E-state index contributed by atoms with van der Waals surface area (Å²) in [6.07, 6.45) is -1.09. The van der Waals surface area contributed by atoms with Crippen molar-refractivity contribution in [3.05, 3.63) is 40.9 Å². The molecule has 2 aliphatic rings. The molecular formula is C20H20F3N3O2S. The molecule has 2 amide bonds. The Bertz CT molecular complexity index is 916. The summed E-state index contributed by atoms with van der Waals surface area (Å²) in [6.45, 7) is 1.26. The molecule has 1 aliphatic carbocycles. The average Bonchev–Trinajstić information content (AvgIpc) is 3.43. The second-order valence-electron chi connectivity index (χ2n) is 7.46. The molecule has 0 spiro atoms. The van der Waals surface area contributed by atoms with Gasteiger partial charge < -0.3 is 10.2 Å². The molecular weight excluding hydrogens is 403 g/mol. The van der Waals surface area contributed by atoms with Gasteiger partial charge >= 0.3 is 6.18 Å². The number of carbonyl (C=O) groups is 2. The lowest BCUT2D eigenvalue weighted by molar-refractivity contribution is -0.137. The van der Waals surface area contributed by atoms with Gasteiger partial charge in [0.1, 0.15) is 10.7 Å². The molecule has 1 aromatic carbocycles. The third kappa shape index (κ3) is 4.60. The molecule has 2 aromatic rings. The topological polar surface area (TPSA) is 62.3 Å².